The molecule has 0 fully saturated rings. The van der Waals surface area contributed by atoms with Crippen LogP contribution in [0.3, 0.4) is 0 Å². The third-order valence-corrected chi connectivity index (χ3v) is 2.25. The Morgan fingerprint density at radius 2 is 2.06 bits per heavy atom. The molecule has 0 amide bonds. The molecule has 0 aliphatic heterocycles. The zero-order valence-electron chi connectivity index (χ0n) is 10.5. The lowest BCUT2D eigenvalue weighted by Gasteiger charge is -2.18. The summed E-state index contributed by atoms with van der Waals surface area (Å²) in [7, 11) is 0. The molecular weight excluding hydrogens is 194 g/mol. The second kappa shape index (κ2) is 4.99. The van der Waals surface area contributed by atoms with Crippen molar-refractivity contribution in [3.05, 3.63) is 41.0 Å². The van der Waals surface area contributed by atoms with Gasteiger partial charge in [-0.2, -0.15) is 5.26 Å². The largest absolute Gasteiger partial charge is 0.193 e. The quantitative estimate of drug-likeness (QED) is 0.675. The van der Waals surface area contributed by atoms with Crippen molar-refractivity contribution < 1.29 is 0 Å². The van der Waals surface area contributed by atoms with E-state index in [1.165, 1.54) is 5.56 Å². The van der Waals surface area contributed by atoms with E-state index in [2.05, 4.69) is 45.0 Å². The molecule has 1 rings (SSSR count). The van der Waals surface area contributed by atoms with Crippen LogP contribution in [-0.2, 0) is 6.42 Å². The fourth-order valence-electron chi connectivity index (χ4n) is 1.69. The van der Waals surface area contributed by atoms with Gasteiger partial charge in [-0.15, -0.1) is 0 Å². The summed E-state index contributed by atoms with van der Waals surface area (Å²) in [4.78, 5) is 0. The van der Waals surface area contributed by atoms with Crippen LogP contribution >= 0.6 is 0 Å². The van der Waals surface area contributed by atoms with Gasteiger partial charge in [-0.3, -0.25) is 0 Å². The molecule has 0 atom stereocenters. The van der Waals surface area contributed by atoms with Crippen molar-refractivity contribution in [2.45, 2.75) is 34.1 Å². The van der Waals surface area contributed by atoms with Gasteiger partial charge in [0.25, 0.3) is 0 Å². The standard InChI is InChI=1S/C15H19N/c1-12(11-16)8-13-6-5-7-14(9-13)10-15(2,3)4/h5-9H,10H2,1-4H3. The third kappa shape index (κ3) is 4.31. The summed E-state index contributed by atoms with van der Waals surface area (Å²) in [5, 5.41) is 8.73. The van der Waals surface area contributed by atoms with Crippen molar-refractivity contribution in [3.8, 4) is 6.07 Å². The first kappa shape index (κ1) is 12.5. The second-order valence-electron chi connectivity index (χ2n) is 5.42. The van der Waals surface area contributed by atoms with Crippen LogP contribution in [-0.4, -0.2) is 0 Å². The molecular formula is C15H19N. The van der Waals surface area contributed by atoms with Crippen LogP contribution in [0.4, 0.5) is 0 Å². The summed E-state index contributed by atoms with van der Waals surface area (Å²) in [6.45, 7) is 8.53. The molecule has 0 spiro atoms. The Morgan fingerprint density at radius 1 is 1.38 bits per heavy atom. The van der Waals surface area contributed by atoms with Gasteiger partial charge in [0.15, 0.2) is 0 Å². The Kier molecular flexibility index (Phi) is 3.90. The fraction of sp³-hybridized carbons (Fsp3) is 0.400. The van der Waals surface area contributed by atoms with Crippen LogP contribution < -0.4 is 0 Å². The zero-order valence-corrected chi connectivity index (χ0v) is 10.5. The van der Waals surface area contributed by atoms with Gasteiger partial charge >= 0.3 is 0 Å². The maximum absolute atomic E-state index is 8.73. The highest BCUT2D eigenvalue weighted by Gasteiger charge is 2.10. The Labute approximate surface area is 98.4 Å². The molecule has 0 radical (unpaired) electrons. The van der Waals surface area contributed by atoms with E-state index in [-0.39, 0.29) is 0 Å². The van der Waals surface area contributed by atoms with E-state index in [9.17, 15) is 0 Å². The normalized spacial score (nSPS) is 12.3. The summed E-state index contributed by atoms with van der Waals surface area (Å²) in [6, 6.07) is 10.5. The van der Waals surface area contributed by atoms with Crippen molar-refractivity contribution in [1.82, 2.24) is 0 Å². The van der Waals surface area contributed by atoms with Crippen molar-refractivity contribution in [3.63, 3.8) is 0 Å². The first-order valence-electron chi connectivity index (χ1n) is 5.58. The highest BCUT2D eigenvalue weighted by molar-refractivity contribution is 5.56. The number of hydrogen-bond acceptors (Lipinski definition) is 1. The van der Waals surface area contributed by atoms with E-state index in [0.29, 0.717) is 5.41 Å². The van der Waals surface area contributed by atoms with E-state index >= 15 is 0 Å². The highest BCUT2D eigenvalue weighted by atomic mass is 14.2. The molecule has 0 N–H and O–H groups in total. The highest BCUT2D eigenvalue weighted by Crippen LogP contribution is 2.21. The number of nitrogens with zero attached hydrogens (tertiary/aromatic N) is 1. The topological polar surface area (TPSA) is 23.8 Å². The van der Waals surface area contributed by atoms with Crippen molar-refractivity contribution in [1.29, 1.82) is 5.26 Å². The average Bonchev–Trinajstić information content (AvgIpc) is 2.15. The van der Waals surface area contributed by atoms with Crippen LogP contribution in [0, 0.1) is 16.7 Å². The third-order valence-electron chi connectivity index (χ3n) is 2.25. The molecule has 16 heavy (non-hydrogen) atoms. The van der Waals surface area contributed by atoms with Gasteiger partial charge < -0.3 is 0 Å². The molecule has 0 bridgehead atoms. The smallest absolute Gasteiger partial charge is 0.0944 e. The summed E-state index contributed by atoms with van der Waals surface area (Å²) in [5.74, 6) is 0. The molecule has 84 valence electrons. The fourth-order valence-corrected chi connectivity index (χ4v) is 1.69. The Bertz CT molecular complexity index is 427. The lowest BCUT2D eigenvalue weighted by Crippen LogP contribution is -2.08. The van der Waals surface area contributed by atoms with Crippen LogP contribution in [0.1, 0.15) is 38.8 Å². The first-order valence-corrected chi connectivity index (χ1v) is 5.58. The van der Waals surface area contributed by atoms with Crippen molar-refractivity contribution in [2.24, 2.45) is 5.41 Å². The van der Waals surface area contributed by atoms with Gasteiger partial charge in [-0.1, -0.05) is 45.0 Å². The lowest BCUT2D eigenvalue weighted by molar-refractivity contribution is 0.411. The maximum Gasteiger partial charge on any atom is 0.0944 e. The predicted octanol–water partition coefficient (Wildman–Crippen LogP) is 4.20. The molecule has 0 aliphatic rings. The molecule has 0 aromatic heterocycles. The molecule has 0 unspecified atom stereocenters. The molecule has 1 nitrogen and oxygen atoms in total. The van der Waals surface area contributed by atoms with Gasteiger partial charge in [-0.25, -0.2) is 0 Å². The lowest BCUT2D eigenvalue weighted by atomic mass is 9.87. The van der Waals surface area contributed by atoms with Crippen LogP contribution in [0.2, 0.25) is 0 Å². The van der Waals surface area contributed by atoms with Gasteiger partial charge in [0.1, 0.15) is 0 Å². The van der Waals surface area contributed by atoms with E-state index in [4.69, 9.17) is 5.26 Å². The average molecular weight is 213 g/mol. The summed E-state index contributed by atoms with van der Waals surface area (Å²) < 4.78 is 0. The van der Waals surface area contributed by atoms with E-state index in [0.717, 1.165) is 17.6 Å². The first-order chi connectivity index (χ1) is 7.40. The van der Waals surface area contributed by atoms with Crippen LogP contribution in [0.5, 0.6) is 0 Å². The number of hydrogen-bond donors (Lipinski definition) is 0. The number of rotatable bonds is 2. The van der Waals surface area contributed by atoms with E-state index in [1.807, 2.05) is 19.1 Å². The maximum atomic E-state index is 8.73. The molecule has 1 heteroatoms. The molecule has 0 heterocycles. The Morgan fingerprint density at radius 3 is 2.62 bits per heavy atom. The Hall–Kier alpha value is -1.55. The molecule has 1 aromatic carbocycles. The molecule has 1 aromatic rings. The minimum absolute atomic E-state index is 0.298. The summed E-state index contributed by atoms with van der Waals surface area (Å²) in [6.07, 6.45) is 2.98. The monoisotopic (exact) mass is 213 g/mol. The van der Waals surface area contributed by atoms with Gasteiger partial charge in [0.05, 0.1) is 6.07 Å². The minimum Gasteiger partial charge on any atom is -0.193 e. The van der Waals surface area contributed by atoms with Crippen LogP contribution in [0.25, 0.3) is 6.08 Å². The minimum atomic E-state index is 0.298. The molecule has 0 aliphatic carbocycles. The van der Waals surface area contributed by atoms with Crippen LogP contribution in [0.15, 0.2) is 29.8 Å². The number of nitriles is 1. The predicted molar refractivity (Wildman–Crippen MR) is 68.9 cm³/mol. The Balaban J connectivity index is 2.93. The summed E-state index contributed by atoms with van der Waals surface area (Å²) >= 11 is 0. The molecule has 0 saturated heterocycles. The second-order valence-corrected chi connectivity index (χ2v) is 5.42. The van der Waals surface area contributed by atoms with Gasteiger partial charge in [0.2, 0.25) is 0 Å². The summed E-state index contributed by atoms with van der Waals surface area (Å²) in [5.41, 5.74) is 3.48. The van der Waals surface area contributed by atoms with Crippen molar-refractivity contribution >= 4 is 6.08 Å². The molecule has 0 saturated carbocycles. The SMILES string of the molecule is CC(C#N)=Cc1cccc(CC(C)(C)C)c1. The zero-order chi connectivity index (χ0) is 12.2. The van der Waals surface area contributed by atoms with Gasteiger partial charge in [-0.05, 0) is 36.0 Å². The number of benzene rings is 1. The van der Waals surface area contributed by atoms with Gasteiger partial charge in [0, 0.05) is 5.57 Å². The number of allylic oxidation sites excluding steroid dienone is 1. The van der Waals surface area contributed by atoms with E-state index in [1.54, 1.807) is 0 Å². The van der Waals surface area contributed by atoms with E-state index < -0.39 is 0 Å². The van der Waals surface area contributed by atoms with Crippen molar-refractivity contribution in [2.75, 3.05) is 0 Å².